The third kappa shape index (κ3) is 5.72. The van der Waals surface area contributed by atoms with Crippen LogP contribution in [0.25, 0.3) is 0 Å². The predicted molar refractivity (Wildman–Crippen MR) is 121 cm³/mol. The van der Waals surface area contributed by atoms with Crippen molar-refractivity contribution in [1.82, 2.24) is 4.31 Å². The normalized spacial score (nSPS) is 11.3. The van der Waals surface area contributed by atoms with Crippen LogP contribution in [0.2, 0.25) is 0 Å². The molecule has 1 aromatic carbocycles. The number of hydrogen-bond donors (Lipinski definition) is 1. The number of carbonyl (C=O) groups is 3. The van der Waals surface area contributed by atoms with Crippen LogP contribution in [0.1, 0.15) is 45.0 Å². The minimum absolute atomic E-state index is 0.00632. The first kappa shape index (κ1) is 25.5. The average Bonchev–Trinajstić information content (AvgIpc) is 3.06. The molecule has 9 nitrogen and oxygen atoms in total. The van der Waals surface area contributed by atoms with Crippen molar-refractivity contribution in [3.05, 3.63) is 45.8 Å². The molecule has 0 aliphatic carbocycles. The van der Waals surface area contributed by atoms with E-state index in [0.717, 1.165) is 14.7 Å². The third-order valence-electron chi connectivity index (χ3n) is 4.48. The van der Waals surface area contributed by atoms with E-state index in [-0.39, 0.29) is 17.1 Å². The molecule has 174 valence electrons. The van der Waals surface area contributed by atoms with Gasteiger partial charge in [-0.05, 0) is 44.0 Å². The standard InChI is InChI=1S/C21H26N2O7S2/c1-6-16-13(3)31-19(18(16)21(26)29-7-2)22-17(24)12-30-20(25)14-9-8-10-15(11-14)32(27,28)23(4)5/h8-11H,6-7,12H2,1-5H3,(H,22,24). The minimum atomic E-state index is -3.72. The fraction of sp³-hybridized carbons (Fsp3) is 0.381. The van der Waals surface area contributed by atoms with Crippen molar-refractivity contribution in [3.63, 3.8) is 0 Å². The van der Waals surface area contributed by atoms with Crippen LogP contribution in [-0.2, 0) is 30.7 Å². The summed E-state index contributed by atoms with van der Waals surface area (Å²) in [5.74, 6) is -2.01. The van der Waals surface area contributed by atoms with Crippen molar-refractivity contribution in [1.29, 1.82) is 0 Å². The number of benzene rings is 1. The van der Waals surface area contributed by atoms with Gasteiger partial charge in [-0.15, -0.1) is 11.3 Å². The zero-order valence-corrected chi connectivity index (χ0v) is 20.2. The van der Waals surface area contributed by atoms with Crippen molar-refractivity contribution >= 4 is 44.2 Å². The van der Waals surface area contributed by atoms with E-state index in [0.29, 0.717) is 17.0 Å². The van der Waals surface area contributed by atoms with Crippen molar-refractivity contribution in [2.45, 2.75) is 32.1 Å². The number of anilines is 1. The van der Waals surface area contributed by atoms with Crippen LogP contribution < -0.4 is 5.32 Å². The van der Waals surface area contributed by atoms with E-state index < -0.39 is 34.5 Å². The molecule has 0 aliphatic heterocycles. The molecule has 1 aromatic heterocycles. The van der Waals surface area contributed by atoms with E-state index >= 15 is 0 Å². The van der Waals surface area contributed by atoms with Crippen molar-refractivity contribution < 1.29 is 32.3 Å². The molecule has 0 spiro atoms. The first-order valence-corrected chi connectivity index (χ1v) is 12.1. The van der Waals surface area contributed by atoms with Gasteiger partial charge in [0.2, 0.25) is 10.0 Å². The van der Waals surface area contributed by atoms with E-state index in [1.54, 1.807) is 6.92 Å². The topological polar surface area (TPSA) is 119 Å². The van der Waals surface area contributed by atoms with Crippen LogP contribution in [0.3, 0.4) is 0 Å². The lowest BCUT2D eigenvalue weighted by Crippen LogP contribution is -2.23. The van der Waals surface area contributed by atoms with Gasteiger partial charge in [-0.3, -0.25) is 4.79 Å². The van der Waals surface area contributed by atoms with Gasteiger partial charge in [0, 0.05) is 19.0 Å². The summed E-state index contributed by atoms with van der Waals surface area (Å²) in [6, 6.07) is 5.36. The van der Waals surface area contributed by atoms with Crippen LogP contribution >= 0.6 is 11.3 Å². The molecule has 1 N–H and O–H groups in total. The highest BCUT2D eigenvalue weighted by atomic mass is 32.2. The number of carbonyl (C=O) groups excluding carboxylic acids is 3. The van der Waals surface area contributed by atoms with E-state index in [2.05, 4.69) is 5.32 Å². The fourth-order valence-corrected chi connectivity index (χ4v) is 4.98. The Morgan fingerprint density at radius 3 is 2.38 bits per heavy atom. The quantitative estimate of drug-likeness (QED) is 0.546. The van der Waals surface area contributed by atoms with Gasteiger partial charge in [0.15, 0.2) is 6.61 Å². The van der Waals surface area contributed by atoms with Crippen LogP contribution in [0.4, 0.5) is 5.00 Å². The average molecular weight is 483 g/mol. The summed E-state index contributed by atoms with van der Waals surface area (Å²) in [7, 11) is -0.962. The lowest BCUT2D eigenvalue weighted by atomic mass is 10.1. The van der Waals surface area contributed by atoms with E-state index in [4.69, 9.17) is 9.47 Å². The maximum absolute atomic E-state index is 12.4. The largest absolute Gasteiger partial charge is 0.462 e. The number of nitrogens with one attached hydrogen (secondary N) is 1. The number of esters is 2. The van der Waals surface area contributed by atoms with Crippen LogP contribution in [0.5, 0.6) is 0 Å². The molecule has 0 saturated carbocycles. The van der Waals surface area contributed by atoms with Gasteiger partial charge in [-0.1, -0.05) is 13.0 Å². The summed E-state index contributed by atoms with van der Waals surface area (Å²) >= 11 is 1.24. The summed E-state index contributed by atoms with van der Waals surface area (Å²) in [5.41, 5.74) is 1.09. The number of hydrogen-bond acceptors (Lipinski definition) is 8. The van der Waals surface area contributed by atoms with Gasteiger partial charge >= 0.3 is 11.9 Å². The molecule has 11 heteroatoms. The summed E-state index contributed by atoms with van der Waals surface area (Å²) in [4.78, 5) is 37.9. The van der Waals surface area contributed by atoms with E-state index in [1.807, 2.05) is 13.8 Å². The Bertz CT molecular complexity index is 1120. The molecule has 2 rings (SSSR count). The lowest BCUT2D eigenvalue weighted by Gasteiger charge is -2.12. The Kier molecular flexibility index (Phi) is 8.53. The SMILES string of the molecule is CCOC(=O)c1c(NC(=O)COC(=O)c2cccc(S(=O)(=O)N(C)C)c2)sc(C)c1CC. The third-order valence-corrected chi connectivity index (χ3v) is 7.35. The maximum atomic E-state index is 12.4. The highest BCUT2D eigenvalue weighted by Crippen LogP contribution is 2.34. The Labute approximate surface area is 191 Å². The Balaban J connectivity index is 2.12. The molecule has 2 aromatic rings. The van der Waals surface area contributed by atoms with Gasteiger partial charge in [0.1, 0.15) is 5.00 Å². The second-order valence-electron chi connectivity index (χ2n) is 6.85. The number of thiophene rings is 1. The van der Waals surface area contributed by atoms with Gasteiger partial charge < -0.3 is 14.8 Å². The first-order chi connectivity index (χ1) is 15.0. The minimum Gasteiger partial charge on any atom is -0.462 e. The van der Waals surface area contributed by atoms with Crippen LogP contribution in [0.15, 0.2) is 29.2 Å². The predicted octanol–water partition coefficient (Wildman–Crippen LogP) is 2.84. The molecule has 1 amide bonds. The molecular formula is C21H26N2O7S2. The summed E-state index contributed by atoms with van der Waals surface area (Å²) in [5, 5.41) is 2.93. The smallest absolute Gasteiger partial charge is 0.341 e. The number of rotatable bonds is 9. The van der Waals surface area contributed by atoms with Crippen LogP contribution in [-0.4, -0.2) is 57.9 Å². The Hall–Kier alpha value is -2.76. The number of sulfonamides is 1. The van der Waals surface area contributed by atoms with Gasteiger partial charge in [-0.2, -0.15) is 0 Å². The molecule has 0 saturated heterocycles. The molecule has 0 unspecified atom stereocenters. The Morgan fingerprint density at radius 2 is 1.78 bits per heavy atom. The molecule has 0 bridgehead atoms. The molecule has 1 heterocycles. The summed E-state index contributed by atoms with van der Waals surface area (Å²) in [6.45, 7) is 5.03. The second kappa shape index (κ2) is 10.7. The van der Waals surface area contributed by atoms with E-state index in [1.165, 1.54) is 49.7 Å². The van der Waals surface area contributed by atoms with Gasteiger partial charge in [0.25, 0.3) is 5.91 Å². The zero-order chi connectivity index (χ0) is 24.1. The zero-order valence-electron chi connectivity index (χ0n) is 18.6. The van der Waals surface area contributed by atoms with Crippen molar-refractivity contribution in [2.75, 3.05) is 32.6 Å². The summed E-state index contributed by atoms with van der Waals surface area (Å²) < 4.78 is 35.6. The maximum Gasteiger partial charge on any atom is 0.341 e. The van der Waals surface area contributed by atoms with Crippen molar-refractivity contribution in [2.24, 2.45) is 0 Å². The monoisotopic (exact) mass is 482 g/mol. The molecule has 32 heavy (non-hydrogen) atoms. The second-order valence-corrected chi connectivity index (χ2v) is 10.2. The lowest BCUT2D eigenvalue weighted by molar-refractivity contribution is -0.119. The first-order valence-electron chi connectivity index (χ1n) is 9.81. The van der Waals surface area contributed by atoms with Gasteiger partial charge in [-0.25, -0.2) is 22.3 Å². The molecule has 0 radical (unpaired) electrons. The van der Waals surface area contributed by atoms with Crippen molar-refractivity contribution in [3.8, 4) is 0 Å². The summed E-state index contributed by atoms with van der Waals surface area (Å²) in [6.07, 6.45) is 0.591. The number of ether oxygens (including phenoxy) is 2. The molecular weight excluding hydrogens is 456 g/mol. The van der Waals surface area contributed by atoms with E-state index in [9.17, 15) is 22.8 Å². The highest BCUT2D eigenvalue weighted by molar-refractivity contribution is 7.89. The highest BCUT2D eigenvalue weighted by Gasteiger charge is 2.24. The van der Waals surface area contributed by atoms with Gasteiger partial charge in [0.05, 0.1) is 22.6 Å². The Morgan fingerprint density at radius 1 is 1.09 bits per heavy atom. The molecule has 0 atom stereocenters. The number of amides is 1. The number of aryl methyl sites for hydroxylation is 1. The molecule has 0 aliphatic rings. The van der Waals surface area contributed by atoms with Crippen LogP contribution in [0, 0.1) is 6.92 Å². The number of nitrogens with zero attached hydrogens (tertiary/aromatic N) is 1. The fourth-order valence-electron chi connectivity index (χ4n) is 2.88. The molecule has 0 fully saturated rings.